The highest BCUT2D eigenvalue weighted by atomic mass is 32.2. The molecule has 4 aromatic rings. The van der Waals surface area contributed by atoms with E-state index in [0.717, 1.165) is 22.6 Å². The molecular formula is C24H17F4NO3S2. The number of alkyl halides is 3. The zero-order valence-corrected chi connectivity index (χ0v) is 19.3. The summed E-state index contributed by atoms with van der Waals surface area (Å²) in [5.74, 6) is -0.366. The molecule has 10 heteroatoms. The van der Waals surface area contributed by atoms with Crippen molar-refractivity contribution < 1.29 is 30.2 Å². The van der Waals surface area contributed by atoms with E-state index in [1.54, 1.807) is 25.1 Å². The first-order valence-corrected chi connectivity index (χ1v) is 12.3. The minimum atomic E-state index is -5.82. The van der Waals surface area contributed by atoms with Crippen molar-refractivity contribution in [3.63, 3.8) is 0 Å². The molecule has 0 bridgehead atoms. The molecule has 4 nitrogen and oxygen atoms in total. The van der Waals surface area contributed by atoms with Gasteiger partial charge in [0.2, 0.25) is 0 Å². The second-order valence-corrected chi connectivity index (χ2v) is 9.99. The summed E-state index contributed by atoms with van der Waals surface area (Å²) in [6.45, 7) is 1.74. The summed E-state index contributed by atoms with van der Waals surface area (Å²) in [6.07, 6.45) is 0. The molecule has 0 unspecified atom stereocenters. The van der Waals surface area contributed by atoms with Crippen LogP contribution in [0.3, 0.4) is 0 Å². The van der Waals surface area contributed by atoms with Gasteiger partial charge in [0, 0.05) is 27.7 Å². The molecule has 0 aliphatic rings. The van der Waals surface area contributed by atoms with Crippen LogP contribution in [-0.4, -0.2) is 18.9 Å². The fraction of sp³-hybridized carbons (Fsp3) is 0.125. The van der Waals surface area contributed by atoms with Crippen LogP contribution < -0.4 is 4.18 Å². The van der Waals surface area contributed by atoms with Crippen LogP contribution in [0.15, 0.2) is 77.7 Å². The first-order valence-electron chi connectivity index (χ1n) is 9.92. The number of halogens is 4. The summed E-state index contributed by atoms with van der Waals surface area (Å²) >= 11 is 1.48. The summed E-state index contributed by atoms with van der Waals surface area (Å²) in [5, 5.41) is 0.566. The number of thioether (sulfide) groups is 1. The van der Waals surface area contributed by atoms with Crippen molar-refractivity contribution in [2.75, 3.05) is 0 Å². The van der Waals surface area contributed by atoms with Crippen LogP contribution >= 0.6 is 11.8 Å². The largest absolute Gasteiger partial charge is 0.534 e. The maximum atomic E-state index is 14.9. The van der Waals surface area contributed by atoms with Crippen LogP contribution in [0.5, 0.6) is 5.75 Å². The molecule has 0 atom stereocenters. The molecule has 1 aromatic heterocycles. The molecular weight excluding hydrogens is 490 g/mol. The first-order chi connectivity index (χ1) is 16.0. The van der Waals surface area contributed by atoms with Gasteiger partial charge in [0.25, 0.3) is 0 Å². The van der Waals surface area contributed by atoms with Gasteiger partial charge in [-0.2, -0.15) is 21.6 Å². The van der Waals surface area contributed by atoms with E-state index in [-0.39, 0.29) is 16.8 Å². The highest BCUT2D eigenvalue weighted by Gasteiger charge is 2.48. The Morgan fingerprint density at radius 1 is 0.971 bits per heavy atom. The highest BCUT2D eigenvalue weighted by molar-refractivity contribution is 7.98. The number of benzene rings is 3. The molecule has 0 N–H and O–H groups in total. The Hall–Kier alpha value is -3.11. The lowest BCUT2D eigenvalue weighted by Crippen LogP contribution is -2.28. The number of rotatable bonds is 6. The van der Waals surface area contributed by atoms with Crippen molar-refractivity contribution in [1.29, 1.82) is 0 Å². The second kappa shape index (κ2) is 9.27. The van der Waals surface area contributed by atoms with Crippen molar-refractivity contribution in [2.45, 2.75) is 23.1 Å². The second-order valence-electron chi connectivity index (χ2n) is 7.40. The van der Waals surface area contributed by atoms with Gasteiger partial charge in [0.15, 0.2) is 0 Å². The number of aryl methyl sites for hydroxylation is 1. The minimum Gasteiger partial charge on any atom is -0.376 e. The summed E-state index contributed by atoms with van der Waals surface area (Å²) in [7, 11) is -5.82. The lowest BCUT2D eigenvalue weighted by atomic mass is 10.0. The molecule has 0 amide bonds. The Morgan fingerprint density at radius 2 is 1.71 bits per heavy atom. The molecule has 3 aromatic carbocycles. The number of pyridine rings is 1. The third kappa shape index (κ3) is 5.18. The Balaban J connectivity index is 1.63. The van der Waals surface area contributed by atoms with Gasteiger partial charge < -0.3 is 4.18 Å². The van der Waals surface area contributed by atoms with Crippen molar-refractivity contribution in [1.82, 2.24) is 4.98 Å². The number of hydrogen-bond donors (Lipinski definition) is 0. The van der Waals surface area contributed by atoms with Crippen LogP contribution in [0.1, 0.15) is 11.1 Å². The number of nitrogens with zero attached hydrogens (tertiary/aromatic N) is 1. The number of fused-ring (bicyclic) bond motifs is 1. The molecule has 0 saturated carbocycles. The van der Waals surface area contributed by atoms with Crippen LogP contribution in [0.2, 0.25) is 0 Å². The van der Waals surface area contributed by atoms with Crippen molar-refractivity contribution in [3.8, 4) is 17.0 Å². The van der Waals surface area contributed by atoms with Gasteiger partial charge in [-0.3, -0.25) is 0 Å². The molecule has 0 saturated heterocycles. The molecule has 0 radical (unpaired) electrons. The Labute approximate surface area is 197 Å². The van der Waals surface area contributed by atoms with E-state index in [4.69, 9.17) is 0 Å². The quantitative estimate of drug-likeness (QED) is 0.123. The van der Waals surface area contributed by atoms with Gasteiger partial charge >= 0.3 is 15.6 Å². The normalized spacial score (nSPS) is 12.1. The summed E-state index contributed by atoms with van der Waals surface area (Å²) in [5.41, 5.74) is -3.12. The van der Waals surface area contributed by atoms with Crippen molar-refractivity contribution >= 4 is 32.8 Å². The van der Waals surface area contributed by atoms with Gasteiger partial charge in [-0.05, 0) is 54.4 Å². The van der Waals surface area contributed by atoms with E-state index in [0.29, 0.717) is 16.7 Å². The topological polar surface area (TPSA) is 56.3 Å². The average molecular weight is 508 g/mol. The summed E-state index contributed by atoms with van der Waals surface area (Å²) < 4.78 is 79.7. The smallest absolute Gasteiger partial charge is 0.376 e. The van der Waals surface area contributed by atoms with E-state index in [1.807, 2.05) is 30.3 Å². The van der Waals surface area contributed by atoms with E-state index >= 15 is 0 Å². The Morgan fingerprint density at radius 3 is 2.38 bits per heavy atom. The van der Waals surface area contributed by atoms with Gasteiger partial charge in [0.05, 0.1) is 11.2 Å². The Bertz CT molecular complexity index is 1460. The maximum absolute atomic E-state index is 14.9. The molecule has 0 spiro atoms. The van der Waals surface area contributed by atoms with E-state index in [9.17, 15) is 26.0 Å². The van der Waals surface area contributed by atoms with Gasteiger partial charge in [-0.25, -0.2) is 9.37 Å². The fourth-order valence-corrected chi connectivity index (χ4v) is 4.61. The molecule has 34 heavy (non-hydrogen) atoms. The zero-order valence-electron chi connectivity index (χ0n) is 17.6. The van der Waals surface area contributed by atoms with E-state index in [2.05, 4.69) is 9.17 Å². The predicted molar refractivity (Wildman–Crippen MR) is 123 cm³/mol. The van der Waals surface area contributed by atoms with E-state index < -0.39 is 27.2 Å². The third-order valence-corrected chi connectivity index (χ3v) is 6.99. The van der Waals surface area contributed by atoms with E-state index in [1.165, 1.54) is 23.9 Å². The monoisotopic (exact) mass is 507 g/mol. The standard InChI is InChI=1S/C24H17F4NO3S2/c1-15-11-22(20-10-8-18(13-21(20)25)33-14-16-5-3-2-4-6-16)29-23-12-17(7-9-19(15)23)32-34(30,31)24(26,27)28/h2-13H,14H2,1H3. The maximum Gasteiger partial charge on any atom is 0.534 e. The van der Waals surface area contributed by atoms with Gasteiger partial charge in [-0.1, -0.05) is 30.3 Å². The number of hydrogen-bond acceptors (Lipinski definition) is 5. The Kier molecular flexibility index (Phi) is 6.55. The fourth-order valence-electron chi connectivity index (χ4n) is 3.28. The lowest BCUT2D eigenvalue weighted by molar-refractivity contribution is -0.0500. The molecule has 0 aliphatic carbocycles. The highest BCUT2D eigenvalue weighted by Crippen LogP contribution is 2.33. The predicted octanol–water partition coefficient (Wildman–Crippen LogP) is 6.87. The van der Waals surface area contributed by atoms with Crippen LogP contribution in [0.4, 0.5) is 17.6 Å². The van der Waals surface area contributed by atoms with Crippen molar-refractivity contribution in [2.24, 2.45) is 0 Å². The molecule has 0 aliphatic heterocycles. The van der Waals surface area contributed by atoms with Gasteiger partial charge in [0.1, 0.15) is 11.6 Å². The summed E-state index contributed by atoms with van der Waals surface area (Å²) in [4.78, 5) is 5.07. The van der Waals surface area contributed by atoms with Crippen LogP contribution in [0.25, 0.3) is 22.2 Å². The summed E-state index contributed by atoms with van der Waals surface area (Å²) in [6, 6.07) is 19.8. The number of aromatic nitrogens is 1. The van der Waals surface area contributed by atoms with Crippen molar-refractivity contribution in [3.05, 3.63) is 89.7 Å². The zero-order chi connectivity index (χ0) is 24.5. The molecule has 176 valence electrons. The lowest BCUT2D eigenvalue weighted by Gasteiger charge is -2.12. The minimum absolute atomic E-state index is 0.173. The van der Waals surface area contributed by atoms with Crippen LogP contribution in [0, 0.1) is 12.7 Å². The molecule has 0 fully saturated rings. The van der Waals surface area contributed by atoms with Gasteiger partial charge in [-0.15, -0.1) is 11.8 Å². The third-order valence-electron chi connectivity index (χ3n) is 4.94. The molecule has 1 heterocycles. The average Bonchev–Trinajstić information content (AvgIpc) is 2.77. The molecule has 4 rings (SSSR count). The SMILES string of the molecule is Cc1cc(-c2ccc(SCc3ccccc3)cc2F)nc2cc(OS(=O)(=O)C(F)(F)F)ccc12. The first kappa shape index (κ1) is 24.0. The van der Waals surface area contributed by atoms with Crippen LogP contribution in [-0.2, 0) is 15.9 Å².